The Morgan fingerprint density at radius 2 is 2.21 bits per heavy atom. The van der Waals surface area contributed by atoms with Crippen molar-refractivity contribution in [1.82, 2.24) is 10.2 Å². The quantitative estimate of drug-likeness (QED) is 0.829. The average molecular weight is 325 g/mol. The van der Waals surface area contributed by atoms with Gasteiger partial charge in [0.25, 0.3) is 0 Å². The number of phenolic OH excluding ortho intramolecular Hbond substituents is 1. The van der Waals surface area contributed by atoms with E-state index in [-0.39, 0.29) is 18.5 Å². The third-order valence-corrected chi connectivity index (χ3v) is 4.05. The van der Waals surface area contributed by atoms with Crippen molar-refractivity contribution in [3.8, 4) is 29.4 Å². The Hall–Kier alpha value is -2.62. The van der Waals surface area contributed by atoms with Gasteiger partial charge in [-0.1, -0.05) is 5.92 Å². The number of aromatic nitrogens is 2. The van der Waals surface area contributed by atoms with Crippen molar-refractivity contribution >= 4 is 5.82 Å². The fourth-order valence-electron chi connectivity index (χ4n) is 2.85. The van der Waals surface area contributed by atoms with Crippen LogP contribution >= 0.6 is 0 Å². The zero-order chi connectivity index (χ0) is 17.1. The van der Waals surface area contributed by atoms with E-state index >= 15 is 0 Å². The number of aliphatic hydroxyl groups is 1. The third kappa shape index (κ3) is 3.18. The number of terminal acetylenes is 1. The molecular weight excluding hydrogens is 306 g/mol. The Kier molecular flexibility index (Phi) is 4.65. The SMILES string of the molecule is C#Cc1cc(C)c(-c2ccc(N3CCO[C@H](CO)C3)nn2)c(O)c1. The van der Waals surface area contributed by atoms with E-state index in [4.69, 9.17) is 11.2 Å². The lowest BCUT2D eigenvalue weighted by Crippen LogP contribution is -2.44. The van der Waals surface area contributed by atoms with E-state index in [1.807, 2.05) is 30.0 Å². The first-order chi connectivity index (χ1) is 11.6. The third-order valence-electron chi connectivity index (χ3n) is 4.05. The predicted molar refractivity (Wildman–Crippen MR) is 90.8 cm³/mol. The van der Waals surface area contributed by atoms with Gasteiger partial charge in [-0.15, -0.1) is 16.6 Å². The molecule has 0 unspecified atom stereocenters. The second-order valence-electron chi connectivity index (χ2n) is 5.73. The minimum Gasteiger partial charge on any atom is -0.507 e. The maximum Gasteiger partial charge on any atom is 0.151 e. The number of hydrogen-bond acceptors (Lipinski definition) is 6. The molecule has 0 saturated carbocycles. The van der Waals surface area contributed by atoms with Crippen LogP contribution in [0.2, 0.25) is 0 Å². The number of aryl methyl sites for hydroxylation is 1. The van der Waals surface area contributed by atoms with Crippen molar-refractivity contribution in [2.45, 2.75) is 13.0 Å². The van der Waals surface area contributed by atoms with Crippen LogP contribution in [0.3, 0.4) is 0 Å². The van der Waals surface area contributed by atoms with Gasteiger partial charge in [0, 0.05) is 24.2 Å². The van der Waals surface area contributed by atoms with Gasteiger partial charge in [-0.25, -0.2) is 0 Å². The van der Waals surface area contributed by atoms with Crippen LogP contribution in [-0.2, 0) is 4.74 Å². The molecule has 0 aliphatic carbocycles. The van der Waals surface area contributed by atoms with Crippen LogP contribution < -0.4 is 4.90 Å². The number of phenols is 1. The summed E-state index contributed by atoms with van der Waals surface area (Å²) in [5, 5.41) is 28.0. The van der Waals surface area contributed by atoms with Crippen LogP contribution in [0, 0.1) is 19.3 Å². The van der Waals surface area contributed by atoms with E-state index in [9.17, 15) is 10.2 Å². The Labute approximate surface area is 140 Å². The van der Waals surface area contributed by atoms with Gasteiger partial charge in [0.1, 0.15) is 5.75 Å². The average Bonchev–Trinajstić information content (AvgIpc) is 2.61. The maximum atomic E-state index is 10.2. The van der Waals surface area contributed by atoms with Gasteiger partial charge in [-0.05, 0) is 36.8 Å². The molecular formula is C18H19N3O3. The zero-order valence-corrected chi connectivity index (χ0v) is 13.4. The number of aromatic hydroxyl groups is 1. The lowest BCUT2D eigenvalue weighted by atomic mass is 10.0. The van der Waals surface area contributed by atoms with E-state index in [0.717, 1.165) is 11.4 Å². The molecule has 1 atom stereocenters. The van der Waals surface area contributed by atoms with E-state index in [1.54, 1.807) is 6.07 Å². The zero-order valence-electron chi connectivity index (χ0n) is 13.4. The van der Waals surface area contributed by atoms with Crippen LogP contribution in [-0.4, -0.2) is 52.8 Å². The number of rotatable bonds is 3. The number of hydrogen-bond donors (Lipinski definition) is 2. The Bertz CT molecular complexity index is 745. The molecule has 124 valence electrons. The second kappa shape index (κ2) is 6.87. The first-order valence-electron chi connectivity index (χ1n) is 7.74. The largest absolute Gasteiger partial charge is 0.507 e. The summed E-state index contributed by atoms with van der Waals surface area (Å²) >= 11 is 0. The molecule has 2 aromatic rings. The number of nitrogens with zero attached hydrogens (tertiary/aromatic N) is 3. The molecule has 1 aromatic carbocycles. The fourth-order valence-corrected chi connectivity index (χ4v) is 2.85. The monoisotopic (exact) mass is 325 g/mol. The highest BCUT2D eigenvalue weighted by Gasteiger charge is 2.21. The first kappa shape index (κ1) is 16.2. The Morgan fingerprint density at radius 1 is 1.38 bits per heavy atom. The Morgan fingerprint density at radius 3 is 2.83 bits per heavy atom. The number of ether oxygens (including phenoxy) is 1. The van der Waals surface area contributed by atoms with Crippen molar-refractivity contribution in [3.05, 3.63) is 35.4 Å². The molecule has 1 fully saturated rings. The van der Waals surface area contributed by atoms with Crippen molar-refractivity contribution in [2.24, 2.45) is 0 Å². The standard InChI is InChI=1S/C18H19N3O3/c1-3-13-8-12(2)18(16(23)9-13)15-4-5-17(20-19-15)21-6-7-24-14(10-21)11-22/h1,4-5,8-9,14,22-23H,6-7,10-11H2,2H3/t14-/m0/s1. The lowest BCUT2D eigenvalue weighted by molar-refractivity contribution is 0.00332. The molecule has 1 aliphatic heterocycles. The smallest absolute Gasteiger partial charge is 0.151 e. The molecule has 0 radical (unpaired) electrons. The van der Waals surface area contributed by atoms with E-state index in [0.29, 0.717) is 36.5 Å². The summed E-state index contributed by atoms with van der Waals surface area (Å²) in [6.07, 6.45) is 5.17. The van der Waals surface area contributed by atoms with Crippen molar-refractivity contribution < 1.29 is 14.9 Å². The first-order valence-corrected chi connectivity index (χ1v) is 7.74. The minimum absolute atomic E-state index is 0.0173. The van der Waals surface area contributed by atoms with Gasteiger partial charge in [-0.2, -0.15) is 0 Å². The van der Waals surface area contributed by atoms with Gasteiger partial charge in [-0.3, -0.25) is 0 Å². The van der Waals surface area contributed by atoms with Gasteiger partial charge >= 0.3 is 0 Å². The molecule has 2 heterocycles. The number of benzene rings is 1. The molecule has 0 bridgehead atoms. The minimum atomic E-state index is -0.206. The van der Waals surface area contributed by atoms with E-state index in [2.05, 4.69) is 16.1 Å². The molecule has 24 heavy (non-hydrogen) atoms. The summed E-state index contributed by atoms with van der Waals surface area (Å²) in [7, 11) is 0. The number of aliphatic hydroxyl groups excluding tert-OH is 1. The van der Waals surface area contributed by atoms with Crippen molar-refractivity contribution in [1.29, 1.82) is 0 Å². The summed E-state index contributed by atoms with van der Waals surface area (Å²) in [6.45, 7) is 3.68. The molecule has 1 saturated heterocycles. The van der Waals surface area contributed by atoms with Crippen molar-refractivity contribution in [3.63, 3.8) is 0 Å². The summed E-state index contributed by atoms with van der Waals surface area (Å²) in [5.74, 6) is 3.33. The molecule has 3 rings (SSSR count). The molecule has 0 amide bonds. The highest BCUT2D eigenvalue weighted by Crippen LogP contribution is 2.32. The molecule has 0 spiro atoms. The molecule has 2 N–H and O–H groups in total. The van der Waals surface area contributed by atoms with Crippen LogP contribution in [0.15, 0.2) is 24.3 Å². The van der Waals surface area contributed by atoms with E-state index in [1.165, 1.54) is 0 Å². The highest BCUT2D eigenvalue weighted by atomic mass is 16.5. The highest BCUT2D eigenvalue weighted by molar-refractivity contribution is 5.72. The summed E-state index contributed by atoms with van der Waals surface area (Å²) < 4.78 is 5.44. The second-order valence-corrected chi connectivity index (χ2v) is 5.73. The molecule has 1 aromatic heterocycles. The fraction of sp³-hybridized carbons (Fsp3) is 0.333. The predicted octanol–water partition coefficient (Wildman–Crippen LogP) is 1.34. The van der Waals surface area contributed by atoms with Crippen molar-refractivity contribution in [2.75, 3.05) is 31.2 Å². The summed E-state index contributed by atoms with van der Waals surface area (Å²) in [4.78, 5) is 2.02. The maximum absolute atomic E-state index is 10.2. The summed E-state index contributed by atoms with van der Waals surface area (Å²) in [6, 6.07) is 7.06. The molecule has 1 aliphatic rings. The molecule has 6 heteroatoms. The molecule has 6 nitrogen and oxygen atoms in total. The van der Waals surface area contributed by atoms with Crippen LogP contribution in [0.4, 0.5) is 5.82 Å². The van der Waals surface area contributed by atoms with Crippen LogP contribution in [0.1, 0.15) is 11.1 Å². The van der Waals surface area contributed by atoms with Gasteiger partial charge in [0.15, 0.2) is 5.82 Å². The summed E-state index contributed by atoms with van der Waals surface area (Å²) in [5.41, 5.74) is 2.69. The van der Waals surface area contributed by atoms with Gasteiger partial charge < -0.3 is 19.8 Å². The van der Waals surface area contributed by atoms with Gasteiger partial charge in [0.2, 0.25) is 0 Å². The Balaban J connectivity index is 1.86. The number of morpholine rings is 1. The van der Waals surface area contributed by atoms with Crippen LogP contribution in [0.5, 0.6) is 5.75 Å². The lowest BCUT2D eigenvalue weighted by Gasteiger charge is -2.32. The normalized spacial score (nSPS) is 17.5. The number of anilines is 1. The van der Waals surface area contributed by atoms with Gasteiger partial charge in [0.05, 0.1) is 25.0 Å². The van der Waals surface area contributed by atoms with E-state index < -0.39 is 0 Å². The van der Waals surface area contributed by atoms with Crippen LogP contribution in [0.25, 0.3) is 11.3 Å². The topological polar surface area (TPSA) is 78.7 Å².